The number of hydrogen-bond acceptors (Lipinski definition) is 3. The third-order valence-electron chi connectivity index (χ3n) is 2.68. The SMILES string of the molecule is CCCc1cc(C(=O)NCCCCSC)cc(Cl)n1. The smallest absolute Gasteiger partial charge is 0.251 e. The lowest BCUT2D eigenvalue weighted by Crippen LogP contribution is -2.24. The van der Waals surface area contributed by atoms with Gasteiger partial charge in [-0.2, -0.15) is 11.8 Å². The second-order valence-electron chi connectivity index (χ2n) is 4.38. The summed E-state index contributed by atoms with van der Waals surface area (Å²) in [5, 5.41) is 3.31. The van der Waals surface area contributed by atoms with Crippen molar-refractivity contribution in [2.45, 2.75) is 32.6 Å². The maximum absolute atomic E-state index is 12.0. The predicted octanol–water partition coefficient (Wildman–Crippen LogP) is 3.56. The van der Waals surface area contributed by atoms with E-state index in [1.165, 1.54) is 0 Å². The third kappa shape index (κ3) is 6.30. The zero-order valence-corrected chi connectivity index (χ0v) is 13.1. The highest BCUT2D eigenvalue weighted by molar-refractivity contribution is 7.98. The van der Waals surface area contributed by atoms with E-state index in [-0.39, 0.29) is 5.91 Å². The number of aromatic nitrogens is 1. The molecule has 106 valence electrons. The molecule has 5 heteroatoms. The van der Waals surface area contributed by atoms with E-state index in [2.05, 4.69) is 23.5 Å². The molecule has 1 rings (SSSR count). The van der Waals surface area contributed by atoms with E-state index in [4.69, 9.17) is 11.6 Å². The van der Waals surface area contributed by atoms with Crippen molar-refractivity contribution in [3.63, 3.8) is 0 Å². The van der Waals surface area contributed by atoms with Crippen molar-refractivity contribution < 1.29 is 4.79 Å². The van der Waals surface area contributed by atoms with Gasteiger partial charge in [0.15, 0.2) is 0 Å². The van der Waals surface area contributed by atoms with Crippen molar-refractivity contribution >= 4 is 29.3 Å². The molecule has 1 aromatic rings. The number of halogens is 1. The van der Waals surface area contributed by atoms with E-state index in [1.54, 1.807) is 6.07 Å². The first-order valence-corrected chi connectivity index (χ1v) is 8.38. The summed E-state index contributed by atoms with van der Waals surface area (Å²) in [5.41, 5.74) is 1.48. The van der Waals surface area contributed by atoms with Gasteiger partial charge in [0.25, 0.3) is 5.91 Å². The first-order chi connectivity index (χ1) is 9.17. The highest BCUT2D eigenvalue weighted by Crippen LogP contribution is 2.12. The maximum Gasteiger partial charge on any atom is 0.251 e. The molecule has 0 saturated carbocycles. The summed E-state index contributed by atoms with van der Waals surface area (Å²) < 4.78 is 0. The van der Waals surface area contributed by atoms with Crippen LogP contribution in [0.3, 0.4) is 0 Å². The number of aryl methyl sites for hydroxylation is 1. The number of nitrogens with one attached hydrogen (secondary N) is 1. The lowest BCUT2D eigenvalue weighted by atomic mass is 10.1. The molecule has 0 bridgehead atoms. The number of pyridine rings is 1. The van der Waals surface area contributed by atoms with Gasteiger partial charge in [0.05, 0.1) is 0 Å². The van der Waals surface area contributed by atoms with Crippen LogP contribution in [0.4, 0.5) is 0 Å². The summed E-state index contributed by atoms with van der Waals surface area (Å²) in [5.74, 6) is 1.07. The number of carbonyl (C=O) groups excluding carboxylic acids is 1. The average molecular weight is 301 g/mol. The van der Waals surface area contributed by atoms with Crippen LogP contribution in [0.15, 0.2) is 12.1 Å². The predicted molar refractivity (Wildman–Crippen MR) is 83.2 cm³/mol. The molecule has 1 amide bonds. The summed E-state index contributed by atoms with van der Waals surface area (Å²) in [6.07, 6.45) is 6.05. The summed E-state index contributed by atoms with van der Waals surface area (Å²) in [6.45, 7) is 2.79. The monoisotopic (exact) mass is 300 g/mol. The molecule has 0 fully saturated rings. The molecular formula is C14H21ClN2OS. The minimum absolute atomic E-state index is 0.0641. The first kappa shape index (κ1) is 16.3. The normalized spacial score (nSPS) is 10.5. The Morgan fingerprint density at radius 2 is 2.21 bits per heavy atom. The molecule has 0 saturated heterocycles. The number of amides is 1. The summed E-state index contributed by atoms with van der Waals surface area (Å²) in [7, 11) is 0. The largest absolute Gasteiger partial charge is 0.352 e. The molecule has 0 aliphatic rings. The molecule has 0 aliphatic heterocycles. The minimum Gasteiger partial charge on any atom is -0.352 e. The van der Waals surface area contributed by atoms with E-state index >= 15 is 0 Å². The molecule has 19 heavy (non-hydrogen) atoms. The lowest BCUT2D eigenvalue weighted by molar-refractivity contribution is 0.0953. The van der Waals surface area contributed by atoms with Crippen LogP contribution in [-0.4, -0.2) is 29.4 Å². The molecule has 3 nitrogen and oxygen atoms in total. The van der Waals surface area contributed by atoms with Crippen LogP contribution in [0.1, 0.15) is 42.2 Å². The molecule has 1 N–H and O–H groups in total. The number of nitrogens with zero attached hydrogens (tertiary/aromatic N) is 1. The number of rotatable bonds is 8. The van der Waals surface area contributed by atoms with Crippen molar-refractivity contribution in [1.29, 1.82) is 0 Å². The number of thioether (sulfide) groups is 1. The molecule has 0 radical (unpaired) electrons. The van der Waals surface area contributed by atoms with Gasteiger partial charge >= 0.3 is 0 Å². The lowest BCUT2D eigenvalue weighted by Gasteiger charge is -2.07. The number of carbonyl (C=O) groups is 1. The van der Waals surface area contributed by atoms with Gasteiger partial charge < -0.3 is 5.32 Å². The average Bonchev–Trinajstić information content (AvgIpc) is 2.38. The zero-order chi connectivity index (χ0) is 14.1. The van der Waals surface area contributed by atoms with Gasteiger partial charge in [-0.05, 0) is 43.4 Å². The highest BCUT2D eigenvalue weighted by atomic mass is 35.5. The number of hydrogen-bond donors (Lipinski definition) is 1. The van der Waals surface area contributed by atoms with Crippen molar-refractivity contribution in [3.8, 4) is 0 Å². The van der Waals surface area contributed by atoms with E-state index in [1.807, 2.05) is 17.8 Å². The van der Waals surface area contributed by atoms with E-state index < -0.39 is 0 Å². The topological polar surface area (TPSA) is 42.0 Å². The van der Waals surface area contributed by atoms with Crippen molar-refractivity contribution in [2.75, 3.05) is 18.6 Å². The molecule has 1 aromatic heterocycles. The summed E-state index contributed by atoms with van der Waals surface area (Å²) >= 11 is 7.77. The van der Waals surface area contributed by atoms with Gasteiger partial charge in [-0.15, -0.1) is 0 Å². The maximum atomic E-state index is 12.0. The van der Waals surface area contributed by atoms with E-state index in [9.17, 15) is 4.79 Å². The van der Waals surface area contributed by atoms with Crippen molar-refractivity contribution in [1.82, 2.24) is 10.3 Å². The van der Waals surface area contributed by atoms with E-state index in [0.717, 1.165) is 37.1 Å². The fourth-order valence-electron chi connectivity index (χ4n) is 1.74. The Labute approximate surface area is 124 Å². The van der Waals surface area contributed by atoms with E-state index in [0.29, 0.717) is 17.3 Å². The summed E-state index contributed by atoms with van der Waals surface area (Å²) in [4.78, 5) is 16.2. The molecular weight excluding hydrogens is 280 g/mol. The quantitative estimate of drug-likeness (QED) is 0.589. The third-order valence-corrected chi connectivity index (χ3v) is 3.57. The van der Waals surface area contributed by atoms with Crippen LogP contribution in [-0.2, 0) is 6.42 Å². The van der Waals surface area contributed by atoms with Crippen LogP contribution in [0, 0.1) is 0 Å². The highest BCUT2D eigenvalue weighted by Gasteiger charge is 2.08. The standard InChI is InChI=1S/C14H21ClN2OS/c1-3-6-12-9-11(10-13(15)17-12)14(18)16-7-4-5-8-19-2/h9-10H,3-8H2,1-2H3,(H,16,18). The molecule has 0 spiro atoms. The molecule has 0 aliphatic carbocycles. The number of unbranched alkanes of at least 4 members (excludes halogenated alkanes) is 1. The van der Waals surface area contributed by atoms with Crippen molar-refractivity contribution in [3.05, 3.63) is 28.5 Å². The second kappa shape index (κ2) is 9.21. The Kier molecular flexibility index (Phi) is 7.91. The van der Waals surface area contributed by atoms with Crippen LogP contribution in [0.2, 0.25) is 5.15 Å². The fourth-order valence-corrected chi connectivity index (χ4v) is 2.46. The van der Waals surface area contributed by atoms with Gasteiger partial charge in [0, 0.05) is 17.8 Å². The zero-order valence-electron chi connectivity index (χ0n) is 11.5. The Bertz CT molecular complexity index is 412. The van der Waals surface area contributed by atoms with Crippen molar-refractivity contribution in [2.24, 2.45) is 0 Å². The fraction of sp³-hybridized carbons (Fsp3) is 0.571. The Balaban J connectivity index is 2.51. The van der Waals surface area contributed by atoms with Crippen LogP contribution in [0.5, 0.6) is 0 Å². The summed E-state index contributed by atoms with van der Waals surface area (Å²) in [6, 6.07) is 3.45. The van der Waals surface area contributed by atoms with Crippen LogP contribution >= 0.6 is 23.4 Å². The van der Waals surface area contributed by atoms with Crippen LogP contribution in [0.25, 0.3) is 0 Å². The van der Waals surface area contributed by atoms with Gasteiger partial charge in [0.2, 0.25) is 0 Å². The van der Waals surface area contributed by atoms with Gasteiger partial charge in [-0.3, -0.25) is 4.79 Å². The first-order valence-electron chi connectivity index (χ1n) is 6.61. The van der Waals surface area contributed by atoms with Crippen LogP contribution < -0.4 is 5.32 Å². The molecule has 1 heterocycles. The molecule has 0 atom stereocenters. The second-order valence-corrected chi connectivity index (χ2v) is 5.75. The Morgan fingerprint density at radius 3 is 2.89 bits per heavy atom. The molecule has 0 aromatic carbocycles. The Hall–Kier alpha value is -0.740. The van der Waals surface area contributed by atoms with Gasteiger partial charge in [0.1, 0.15) is 5.15 Å². The minimum atomic E-state index is -0.0641. The molecule has 0 unspecified atom stereocenters. The Morgan fingerprint density at radius 1 is 1.42 bits per heavy atom. The van der Waals surface area contributed by atoms with Gasteiger partial charge in [-0.1, -0.05) is 24.9 Å². The van der Waals surface area contributed by atoms with Gasteiger partial charge in [-0.25, -0.2) is 4.98 Å².